The summed E-state index contributed by atoms with van der Waals surface area (Å²) >= 11 is 0. The third-order valence-corrected chi connectivity index (χ3v) is 5.94. The zero-order valence-electron chi connectivity index (χ0n) is 13.9. The monoisotopic (exact) mass is 354 g/mol. The summed E-state index contributed by atoms with van der Waals surface area (Å²) in [4.78, 5) is 0. The second-order valence-corrected chi connectivity index (χ2v) is 7.89. The van der Waals surface area contributed by atoms with Crippen LogP contribution in [0.3, 0.4) is 0 Å². The molecule has 0 aliphatic rings. The molecule has 8 heteroatoms. The fraction of sp³-hybridized carbons (Fsp3) is 0.714. The molecule has 0 aromatic rings. The Labute approximate surface area is 133 Å². The standard InChI is InChI=1S/C14H28O6P2/c1-5-17-21(15,18-6-2)13-11-9-10-12-14-22(16,19-7-3)20-8-4/h11-14H,5-10H2,1-4H3/b13-11+,14-12+. The van der Waals surface area contributed by atoms with Gasteiger partial charge >= 0.3 is 15.2 Å². The van der Waals surface area contributed by atoms with Crippen molar-refractivity contribution in [1.29, 1.82) is 0 Å². The quantitative estimate of drug-likeness (QED) is 0.329. The lowest BCUT2D eigenvalue weighted by atomic mass is 10.3. The van der Waals surface area contributed by atoms with Gasteiger partial charge in [-0.15, -0.1) is 0 Å². The van der Waals surface area contributed by atoms with Gasteiger partial charge in [-0.3, -0.25) is 9.13 Å². The smallest absolute Gasteiger partial charge is 0.306 e. The second-order valence-electron chi connectivity index (χ2n) is 4.10. The summed E-state index contributed by atoms with van der Waals surface area (Å²) in [5, 5.41) is 0. The molecule has 22 heavy (non-hydrogen) atoms. The van der Waals surface area contributed by atoms with E-state index < -0.39 is 15.2 Å². The van der Waals surface area contributed by atoms with Crippen molar-refractivity contribution in [1.82, 2.24) is 0 Å². The number of hydrogen-bond acceptors (Lipinski definition) is 6. The van der Waals surface area contributed by atoms with Crippen LogP contribution in [0.5, 0.6) is 0 Å². The topological polar surface area (TPSA) is 71.1 Å². The van der Waals surface area contributed by atoms with Gasteiger partial charge in [0.2, 0.25) is 0 Å². The van der Waals surface area contributed by atoms with Crippen molar-refractivity contribution in [3.05, 3.63) is 23.8 Å². The van der Waals surface area contributed by atoms with E-state index in [-0.39, 0.29) is 0 Å². The van der Waals surface area contributed by atoms with Crippen LogP contribution in [0.2, 0.25) is 0 Å². The van der Waals surface area contributed by atoms with Crippen molar-refractivity contribution in [3.63, 3.8) is 0 Å². The van der Waals surface area contributed by atoms with Crippen LogP contribution in [0.4, 0.5) is 0 Å². The van der Waals surface area contributed by atoms with Gasteiger partial charge in [-0.2, -0.15) is 0 Å². The first-order chi connectivity index (χ1) is 10.4. The highest BCUT2D eigenvalue weighted by Gasteiger charge is 2.19. The van der Waals surface area contributed by atoms with Gasteiger partial charge in [0.05, 0.1) is 26.4 Å². The van der Waals surface area contributed by atoms with Crippen LogP contribution in [0, 0.1) is 0 Å². The Kier molecular flexibility index (Phi) is 12.1. The van der Waals surface area contributed by atoms with Crippen LogP contribution in [0.1, 0.15) is 40.5 Å². The van der Waals surface area contributed by atoms with Crippen molar-refractivity contribution >= 4 is 15.2 Å². The van der Waals surface area contributed by atoms with E-state index in [2.05, 4.69) is 0 Å². The molecule has 6 nitrogen and oxygen atoms in total. The molecule has 0 fully saturated rings. The van der Waals surface area contributed by atoms with Crippen molar-refractivity contribution in [2.45, 2.75) is 40.5 Å². The van der Waals surface area contributed by atoms with E-state index in [1.807, 2.05) is 0 Å². The highest BCUT2D eigenvalue weighted by atomic mass is 31.2. The maximum Gasteiger partial charge on any atom is 0.353 e. The zero-order chi connectivity index (χ0) is 16.9. The lowest BCUT2D eigenvalue weighted by Crippen LogP contribution is -1.93. The number of hydrogen-bond donors (Lipinski definition) is 0. The molecule has 0 spiro atoms. The maximum atomic E-state index is 12.1. The first kappa shape index (κ1) is 21.8. The Morgan fingerprint density at radius 3 is 1.14 bits per heavy atom. The zero-order valence-corrected chi connectivity index (χ0v) is 15.7. The van der Waals surface area contributed by atoms with Gasteiger partial charge in [0.15, 0.2) is 0 Å². The molecule has 0 rings (SSSR count). The van der Waals surface area contributed by atoms with Crippen molar-refractivity contribution in [3.8, 4) is 0 Å². The van der Waals surface area contributed by atoms with E-state index in [9.17, 15) is 9.13 Å². The molecule has 0 amide bonds. The van der Waals surface area contributed by atoms with E-state index >= 15 is 0 Å². The number of rotatable bonds is 13. The minimum atomic E-state index is -3.13. The van der Waals surface area contributed by atoms with Gasteiger partial charge in [-0.25, -0.2) is 0 Å². The molecule has 0 heterocycles. The fourth-order valence-corrected chi connectivity index (χ4v) is 4.31. The summed E-state index contributed by atoms with van der Waals surface area (Å²) in [6, 6.07) is 0. The molecule has 0 atom stereocenters. The Hall–Kier alpha value is -0.220. The second kappa shape index (κ2) is 12.2. The minimum absolute atomic E-state index is 0.327. The SMILES string of the molecule is CCOP(=O)(/C=C/CC/C=C/P(=O)(OCC)OCC)OCC. The van der Waals surface area contributed by atoms with Gasteiger partial charge < -0.3 is 18.1 Å². The van der Waals surface area contributed by atoms with E-state index in [0.717, 1.165) is 0 Å². The lowest BCUT2D eigenvalue weighted by molar-refractivity contribution is 0.227. The van der Waals surface area contributed by atoms with Crippen LogP contribution < -0.4 is 0 Å². The summed E-state index contributed by atoms with van der Waals surface area (Å²) in [6.07, 6.45) is 4.73. The third kappa shape index (κ3) is 9.73. The number of allylic oxidation sites excluding steroid dienone is 2. The Balaban J connectivity index is 4.39. The van der Waals surface area contributed by atoms with Crippen molar-refractivity contribution in [2.75, 3.05) is 26.4 Å². The van der Waals surface area contributed by atoms with Crippen LogP contribution >= 0.6 is 15.2 Å². The Bertz CT molecular complexity index is 373. The average Bonchev–Trinajstić information content (AvgIpc) is 2.44. The largest absolute Gasteiger partial charge is 0.353 e. The van der Waals surface area contributed by atoms with Gasteiger partial charge in [0.1, 0.15) is 0 Å². The number of unbranched alkanes of at least 4 members (excludes halogenated alkanes) is 1. The maximum absolute atomic E-state index is 12.1. The highest BCUT2D eigenvalue weighted by molar-refractivity contribution is 7.57. The van der Waals surface area contributed by atoms with Crippen molar-refractivity contribution < 1.29 is 27.2 Å². The highest BCUT2D eigenvalue weighted by Crippen LogP contribution is 2.50. The third-order valence-electron chi connectivity index (χ3n) is 2.31. The molecule has 0 saturated carbocycles. The van der Waals surface area contributed by atoms with Crippen LogP contribution in [-0.4, -0.2) is 26.4 Å². The van der Waals surface area contributed by atoms with Gasteiger partial charge in [0.25, 0.3) is 0 Å². The van der Waals surface area contributed by atoms with Gasteiger partial charge in [-0.1, -0.05) is 12.2 Å². The van der Waals surface area contributed by atoms with Crippen LogP contribution in [0.15, 0.2) is 23.8 Å². The normalized spacial score (nSPS) is 13.5. The molecule has 0 bridgehead atoms. The molecule has 0 aliphatic heterocycles. The lowest BCUT2D eigenvalue weighted by Gasteiger charge is -2.12. The van der Waals surface area contributed by atoms with E-state index in [0.29, 0.717) is 39.3 Å². The molecular formula is C14H28O6P2. The predicted molar refractivity (Wildman–Crippen MR) is 89.2 cm³/mol. The molecule has 0 saturated heterocycles. The van der Waals surface area contributed by atoms with Crippen molar-refractivity contribution in [2.24, 2.45) is 0 Å². The molecule has 0 radical (unpaired) electrons. The first-order valence-corrected chi connectivity index (χ1v) is 10.8. The summed E-state index contributed by atoms with van der Waals surface area (Å²) < 4.78 is 44.8. The van der Waals surface area contributed by atoms with Crippen LogP contribution in [-0.2, 0) is 27.2 Å². The Morgan fingerprint density at radius 2 is 0.909 bits per heavy atom. The summed E-state index contributed by atoms with van der Waals surface area (Å²) in [6.45, 7) is 8.37. The summed E-state index contributed by atoms with van der Waals surface area (Å²) in [5.74, 6) is 2.94. The summed E-state index contributed by atoms with van der Waals surface area (Å²) in [5.41, 5.74) is 0. The molecule has 0 aliphatic carbocycles. The molecule has 0 unspecified atom stereocenters. The summed E-state index contributed by atoms with van der Waals surface area (Å²) in [7, 11) is -6.26. The molecule has 0 aromatic carbocycles. The fourth-order valence-electron chi connectivity index (χ4n) is 1.57. The van der Waals surface area contributed by atoms with E-state index in [1.54, 1.807) is 39.8 Å². The van der Waals surface area contributed by atoms with Gasteiger partial charge in [-0.05, 0) is 40.5 Å². The molecule has 0 N–H and O–H groups in total. The predicted octanol–water partition coefficient (Wildman–Crippen LogP) is 5.33. The minimum Gasteiger partial charge on any atom is -0.306 e. The van der Waals surface area contributed by atoms with E-state index in [4.69, 9.17) is 18.1 Å². The molecule has 0 aromatic heterocycles. The van der Waals surface area contributed by atoms with E-state index in [1.165, 1.54) is 11.6 Å². The molecular weight excluding hydrogens is 326 g/mol. The first-order valence-electron chi connectivity index (χ1n) is 7.58. The Morgan fingerprint density at radius 1 is 0.636 bits per heavy atom. The molecule has 130 valence electrons. The van der Waals surface area contributed by atoms with Gasteiger partial charge in [0, 0.05) is 11.6 Å². The average molecular weight is 354 g/mol. The van der Waals surface area contributed by atoms with Crippen LogP contribution in [0.25, 0.3) is 0 Å².